The highest BCUT2D eigenvalue weighted by molar-refractivity contribution is 6.01. The number of ether oxygens (including phenoxy) is 1. The third kappa shape index (κ3) is 3.07. The van der Waals surface area contributed by atoms with E-state index in [1.807, 2.05) is 26.0 Å². The quantitative estimate of drug-likeness (QED) is 0.652. The first-order chi connectivity index (χ1) is 11.5. The van der Waals surface area contributed by atoms with E-state index in [2.05, 4.69) is 9.88 Å². The molecule has 1 saturated carbocycles. The van der Waals surface area contributed by atoms with Crippen LogP contribution in [0.3, 0.4) is 0 Å². The minimum atomic E-state index is -0.419. The highest BCUT2D eigenvalue weighted by Gasteiger charge is 2.28. The van der Waals surface area contributed by atoms with Crippen LogP contribution in [0.1, 0.15) is 51.0 Å². The van der Waals surface area contributed by atoms with Gasteiger partial charge in [0.1, 0.15) is 0 Å². The van der Waals surface area contributed by atoms with Gasteiger partial charge in [0.05, 0.1) is 19.2 Å². The number of esters is 1. The number of para-hydroxylation sites is 1. The number of Topliss-reactive ketones (excluding diaryl/α,β-unsaturated/α-hetero) is 1. The van der Waals surface area contributed by atoms with Gasteiger partial charge in [-0.05, 0) is 44.9 Å². The minimum absolute atomic E-state index is 0.0228. The van der Waals surface area contributed by atoms with Gasteiger partial charge >= 0.3 is 5.97 Å². The number of carbonyl (C=O) groups excluding carboxylic acids is 2. The molecule has 3 rings (SSSR count). The number of hydrogen-bond donors (Lipinski definition) is 1. The standard InChI is InChI=1S/C19H22N2O3/c1-12-10-16(13(2)21(12)14-8-9-14)18(22)11-20-17-7-5-4-6-15(17)19(23)24-3/h4-7,10,14,20H,8-9,11H2,1-3H3. The zero-order chi connectivity index (χ0) is 17.3. The summed E-state index contributed by atoms with van der Waals surface area (Å²) in [7, 11) is 1.34. The highest BCUT2D eigenvalue weighted by Crippen LogP contribution is 2.38. The summed E-state index contributed by atoms with van der Waals surface area (Å²) in [6, 6.07) is 9.55. The number of anilines is 1. The Morgan fingerprint density at radius 2 is 1.92 bits per heavy atom. The Balaban J connectivity index is 1.75. The number of carbonyl (C=O) groups is 2. The summed E-state index contributed by atoms with van der Waals surface area (Å²) in [5, 5.41) is 3.07. The van der Waals surface area contributed by atoms with E-state index < -0.39 is 5.97 Å². The molecule has 1 aliphatic rings. The zero-order valence-electron chi connectivity index (χ0n) is 14.3. The molecule has 24 heavy (non-hydrogen) atoms. The number of rotatable bonds is 6. The molecule has 0 aliphatic heterocycles. The molecule has 1 fully saturated rings. The van der Waals surface area contributed by atoms with E-state index in [0.29, 0.717) is 17.3 Å². The Morgan fingerprint density at radius 3 is 2.58 bits per heavy atom. The normalized spacial score (nSPS) is 13.6. The fraction of sp³-hybridized carbons (Fsp3) is 0.368. The minimum Gasteiger partial charge on any atom is -0.465 e. The van der Waals surface area contributed by atoms with Crippen LogP contribution in [-0.4, -0.2) is 30.0 Å². The van der Waals surface area contributed by atoms with E-state index in [4.69, 9.17) is 4.74 Å². The van der Waals surface area contributed by atoms with Crippen molar-refractivity contribution < 1.29 is 14.3 Å². The van der Waals surface area contributed by atoms with E-state index in [9.17, 15) is 9.59 Å². The predicted octanol–water partition coefficient (Wildman–Crippen LogP) is 3.52. The van der Waals surface area contributed by atoms with Crippen molar-refractivity contribution in [2.45, 2.75) is 32.7 Å². The van der Waals surface area contributed by atoms with Crippen LogP contribution in [0.5, 0.6) is 0 Å². The lowest BCUT2D eigenvalue weighted by atomic mass is 10.1. The second kappa shape index (κ2) is 6.51. The molecule has 0 amide bonds. The molecule has 0 bridgehead atoms. The highest BCUT2D eigenvalue weighted by atomic mass is 16.5. The second-order valence-electron chi connectivity index (χ2n) is 6.20. The van der Waals surface area contributed by atoms with Crippen molar-refractivity contribution in [1.29, 1.82) is 0 Å². The number of ketones is 1. The molecule has 1 aromatic heterocycles. The summed E-state index contributed by atoms with van der Waals surface area (Å²) in [5.74, 6) is -0.396. The van der Waals surface area contributed by atoms with Gasteiger partial charge in [0, 0.05) is 28.7 Å². The Labute approximate surface area is 141 Å². The maximum Gasteiger partial charge on any atom is 0.339 e. The first-order valence-electron chi connectivity index (χ1n) is 8.15. The van der Waals surface area contributed by atoms with Crippen molar-refractivity contribution in [3.63, 3.8) is 0 Å². The summed E-state index contributed by atoms with van der Waals surface area (Å²) in [4.78, 5) is 24.4. The summed E-state index contributed by atoms with van der Waals surface area (Å²) in [5.41, 5.74) is 3.95. The molecule has 0 saturated heterocycles. The number of nitrogens with zero attached hydrogens (tertiary/aromatic N) is 1. The van der Waals surface area contributed by atoms with Crippen molar-refractivity contribution in [3.8, 4) is 0 Å². The maximum atomic E-state index is 12.6. The zero-order valence-corrected chi connectivity index (χ0v) is 14.3. The van der Waals surface area contributed by atoms with Crippen LogP contribution in [-0.2, 0) is 4.74 Å². The van der Waals surface area contributed by atoms with Crippen LogP contribution in [0.4, 0.5) is 5.69 Å². The van der Waals surface area contributed by atoms with E-state index in [1.165, 1.54) is 20.0 Å². The van der Waals surface area contributed by atoms with Crippen molar-refractivity contribution in [2.75, 3.05) is 19.0 Å². The van der Waals surface area contributed by atoms with E-state index in [0.717, 1.165) is 17.0 Å². The average Bonchev–Trinajstić information content (AvgIpc) is 3.37. The predicted molar refractivity (Wildman–Crippen MR) is 92.8 cm³/mol. The molecule has 0 spiro atoms. The molecule has 1 heterocycles. The molecule has 1 N–H and O–H groups in total. The Morgan fingerprint density at radius 1 is 1.21 bits per heavy atom. The van der Waals surface area contributed by atoms with Crippen LogP contribution in [0.2, 0.25) is 0 Å². The molecule has 0 radical (unpaired) electrons. The number of methoxy groups -OCH3 is 1. The first-order valence-corrected chi connectivity index (χ1v) is 8.15. The van der Waals surface area contributed by atoms with Crippen LogP contribution in [0, 0.1) is 13.8 Å². The lowest BCUT2D eigenvalue weighted by Gasteiger charge is -2.10. The van der Waals surface area contributed by atoms with Gasteiger partial charge in [-0.1, -0.05) is 12.1 Å². The summed E-state index contributed by atoms with van der Waals surface area (Å²) in [6.07, 6.45) is 2.38. The molecular weight excluding hydrogens is 304 g/mol. The van der Waals surface area contributed by atoms with Gasteiger partial charge in [-0.3, -0.25) is 4.79 Å². The topological polar surface area (TPSA) is 60.3 Å². The molecular formula is C19H22N2O3. The lowest BCUT2D eigenvalue weighted by molar-refractivity contribution is 0.0601. The van der Waals surface area contributed by atoms with E-state index in [-0.39, 0.29) is 12.3 Å². The smallest absolute Gasteiger partial charge is 0.339 e. The van der Waals surface area contributed by atoms with Crippen molar-refractivity contribution >= 4 is 17.4 Å². The fourth-order valence-corrected chi connectivity index (χ4v) is 3.15. The van der Waals surface area contributed by atoms with Crippen molar-refractivity contribution in [2.24, 2.45) is 0 Å². The molecule has 126 valence electrons. The van der Waals surface area contributed by atoms with Gasteiger partial charge in [0.15, 0.2) is 5.78 Å². The third-order valence-electron chi connectivity index (χ3n) is 4.47. The number of aromatic nitrogens is 1. The second-order valence-corrected chi connectivity index (χ2v) is 6.20. The Kier molecular flexibility index (Phi) is 4.42. The Hall–Kier alpha value is -2.56. The van der Waals surface area contributed by atoms with Gasteiger partial charge < -0.3 is 14.6 Å². The van der Waals surface area contributed by atoms with Crippen LogP contribution in [0.15, 0.2) is 30.3 Å². The van der Waals surface area contributed by atoms with Crippen molar-refractivity contribution in [3.05, 3.63) is 52.8 Å². The van der Waals surface area contributed by atoms with Crippen LogP contribution >= 0.6 is 0 Å². The van der Waals surface area contributed by atoms with E-state index in [1.54, 1.807) is 18.2 Å². The van der Waals surface area contributed by atoms with Gasteiger partial charge in [-0.15, -0.1) is 0 Å². The number of nitrogens with one attached hydrogen (secondary N) is 1. The lowest BCUT2D eigenvalue weighted by Crippen LogP contribution is -2.17. The number of benzene rings is 1. The molecule has 5 heteroatoms. The molecule has 0 unspecified atom stereocenters. The van der Waals surface area contributed by atoms with Gasteiger partial charge in [-0.2, -0.15) is 0 Å². The van der Waals surface area contributed by atoms with Gasteiger partial charge in [0.2, 0.25) is 0 Å². The van der Waals surface area contributed by atoms with Crippen LogP contribution < -0.4 is 5.32 Å². The number of hydrogen-bond acceptors (Lipinski definition) is 4. The molecule has 5 nitrogen and oxygen atoms in total. The largest absolute Gasteiger partial charge is 0.465 e. The number of aryl methyl sites for hydroxylation is 1. The summed E-state index contributed by atoms with van der Waals surface area (Å²) < 4.78 is 7.03. The van der Waals surface area contributed by atoms with Gasteiger partial charge in [-0.25, -0.2) is 4.79 Å². The summed E-state index contributed by atoms with van der Waals surface area (Å²) in [6.45, 7) is 4.19. The molecule has 1 aliphatic carbocycles. The van der Waals surface area contributed by atoms with Crippen molar-refractivity contribution in [1.82, 2.24) is 4.57 Å². The SMILES string of the molecule is COC(=O)c1ccccc1NCC(=O)c1cc(C)n(C2CC2)c1C. The molecule has 2 aromatic rings. The fourth-order valence-electron chi connectivity index (χ4n) is 3.15. The van der Waals surface area contributed by atoms with E-state index >= 15 is 0 Å². The maximum absolute atomic E-state index is 12.6. The molecule has 0 atom stereocenters. The Bertz CT molecular complexity index is 788. The average molecular weight is 326 g/mol. The van der Waals surface area contributed by atoms with Gasteiger partial charge in [0.25, 0.3) is 0 Å². The molecule has 1 aromatic carbocycles. The monoisotopic (exact) mass is 326 g/mol. The first kappa shape index (κ1) is 16.3. The third-order valence-corrected chi connectivity index (χ3v) is 4.47. The summed E-state index contributed by atoms with van der Waals surface area (Å²) >= 11 is 0. The van der Waals surface area contributed by atoms with Crippen LogP contribution in [0.25, 0.3) is 0 Å².